The minimum Gasteiger partial charge on any atom is -0.393 e. The third-order valence-corrected chi connectivity index (χ3v) is 6.63. The Morgan fingerprint density at radius 1 is 1.27 bits per heavy atom. The van der Waals surface area contributed by atoms with Crippen LogP contribution < -0.4 is 0 Å². The maximum atomic E-state index is 9.81. The van der Waals surface area contributed by atoms with Gasteiger partial charge in [-0.05, 0) is 85.8 Å². The second-order valence-corrected chi connectivity index (χ2v) is 7.92. The van der Waals surface area contributed by atoms with E-state index in [1.807, 2.05) is 0 Å². The van der Waals surface area contributed by atoms with Crippen molar-refractivity contribution in [3.63, 3.8) is 0 Å². The predicted molar refractivity (Wildman–Crippen MR) is 92.5 cm³/mol. The fourth-order valence-electron chi connectivity index (χ4n) is 4.86. The average molecular weight is 298 g/mol. The van der Waals surface area contributed by atoms with Crippen LogP contribution in [-0.4, -0.2) is 11.2 Å². The molecule has 0 bridgehead atoms. The molecule has 0 spiro atoms. The summed E-state index contributed by atoms with van der Waals surface area (Å²) in [5.41, 5.74) is 8.06. The fraction of sp³-hybridized carbons (Fsp3) is 0.667. The van der Waals surface area contributed by atoms with Gasteiger partial charge in [-0.3, -0.25) is 0 Å². The molecule has 0 aliphatic heterocycles. The SMILES string of the molecule is C=C1CC[C@H](O)C/C1=C/C=C=C1CCC[C@]2(C)[C@@H](C)CC[C@@H]12. The molecule has 0 amide bonds. The van der Waals surface area contributed by atoms with Gasteiger partial charge in [0.2, 0.25) is 0 Å². The van der Waals surface area contributed by atoms with Gasteiger partial charge in [0, 0.05) is 0 Å². The Morgan fingerprint density at radius 3 is 2.91 bits per heavy atom. The monoisotopic (exact) mass is 298 g/mol. The zero-order chi connectivity index (χ0) is 15.7. The molecule has 0 unspecified atom stereocenters. The Morgan fingerprint density at radius 2 is 2.09 bits per heavy atom. The Balaban J connectivity index is 1.80. The van der Waals surface area contributed by atoms with Crippen LogP contribution in [0.2, 0.25) is 0 Å². The molecule has 22 heavy (non-hydrogen) atoms. The summed E-state index contributed by atoms with van der Waals surface area (Å²) in [6.45, 7) is 9.06. The van der Waals surface area contributed by atoms with E-state index in [0.29, 0.717) is 5.41 Å². The van der Waals surface area contributed by atoms with E-state index in [-0.39, 0.29) is 6.10 Å². The third-order valence-electron chi connectivity index (χ3n) is 6.63. The number of hydrogen-bond donors (Lipinski definition) is 1. The first-order valence-corrected chi connectivity index (χ1v) is 9.01. The summed E-state index contributed by atoms with van der Waals surface area (Å²) >= 11 is 0. The van der Waals surface area contributed by atoms with Crippen LogP contribution in [0, 0.1) is 17.3 Å². The van der Waals surface area contributed by atoms with E-state index >= 15 is 0 Å². The van der Waals surface area contributed by atoms with Gasteiger partial charge < -0.3 is 5.11 Å². The Kier molecular flexibility index (Phi) is 4.48. The zero-order valence-corrected chi connectivity index (χ0v) is 14.2. The lowest BCUT2D eigenvalue weighted by Crippen LogP contribution is -2.31. The van der Waals surface area contributed by atoms with Gasteiger partial charge in [0.05, 0.1) is 6.10 Å². The second kappa shape index (κ2) is 6.22. The van der Waals surface area contributed by atoms with Crippen LogP contribution in [0.4, 0.5) is 0 Å². The molecule has 0 heterocycles. The van der Waals surface area contributed by atoms with Gasteiger partial charge in [0.1, 0.15) is 0 Å². The van der Waals surface area contributed by atoms with Crippen LogP contribution in [0.15, 0.2) is 41.2 Å². The van der Waals surface area contributed by atoms with Gasteiger partial charge in [-0.25, -0.2) is 0 Å². The summed E-state index contributed by atoms with van der Waals surface area (Å²) < 4.78 is 0. The van der Waals surface area contributed by atoms with E-state index in [0.717, 1.165) is 31.1 Å². The van der Waals surface area contributed by atoms with Crippen molar-refractivity contribution in [1.29, 1.82) is 0 Å². The van der Waals surface area contributed by atoms with Gasteiger partial charge in [-0.1, -0.05) is 32.1 Å². The van der Waals surface area contributed by atoms with Crippen LogP contribution in [0.5, 0.6) is 0 Å². The molecule has 1 nitrogen and oxygen atoms in total. The molecular formula is C21H30O. The van der Waals surface area contributed by atoms with Crippen molar-refractivity contribution in [2.75, 3.05) is 0 Å². The lowest BCUT2D eigenvalue weighted by atomic mass is 9.64. The molecule has 0 aromatic heterocycles. The fourth-order valence-corrected chi connectivity index (χ4v) is 4.86. The lowest BCUT2D eigenvalue weighted by Gasteiger charge is -2.40. The standard InChI is InChI=1S/C21H30O/c1-15-9-11-19(22)14-18(15)7-4-6-17-8-5-13-21(3)16(2)10-12-20(17)21/h4,7,16,19-20,22H,1,5,8-14H2,2-3H3/b18-7-/t6?,16-,19-,20-,21+/m0/s1. The minimum atomic E-state index is -0.188. The highest BCUT2D eigenvalue weighted by atomic mass is 16.3. The summed E-state index contributed by atoms with van der Waals surface area (Å²) in [5.74, 6) is 1.59. The van der Waals surface area contributed by atoms with Crippen molar-refractivity contribution in [2.24, 2.45) is 17.3 Å². The van der Waals surface area contributed by atoms with Crippen LogP contribution in [0.1, 0.15) is 65.2 Å². The predicted octanol–water partition coefficient (Wildman–Crippen LogP) is 5.33. The maximum Gasteiger partial charge on any atom is 0.0583 e. The van der Waals surface area contributed by atoms with E-state index in [9.17, 15) is 5.11 Å². The molecule has 4 atom stereocenters. The maximum absolute atomic E-state index is 9.81. The number of aliphatic hydroxyl groups excluding tert-OH is 1. The molecule has 3 fully saturated rings. The highest BCUT2D eigenvalue weighted by Gasteiger charge is 2.47. The molecule has 1 heteroatoms. The first-order chi connectivity index (χ1) is 10.5. The third kappa shape index (κ3) is 2.90. The van der Waals surface area contributed by atoms with E-state index in [1.54, 1.807) is 0 Å². The summed E-state index contributed by atoms with van der Waals surface area (Å²) in [5, 5.41) is 9.81. The van der Waals surface area contributed by atoms with Gasteiger partial charge >= 0.3 is 0 Å². The molecule has 3 rings (SSSR count). The normalized spacial score (nSPS) is 40.5. The number of allylic oxidation sites excluding steroid dienone is 3. The summed E-state index contributed by atoms with van der Waals surface area (Å²) in [7, 11) is 0. The minimum absolute atomic E-state index is 0.188. The Hall–Kier alpha value is -1.04. The number of rotatable bonds is 1. The highest BCUT2D eigenvalue weighted by Crippen LogP contribution is 2.56. The van der Waals surface area contributed by atoms with Gasteiger partial charge in [0.15, 0.2) is 0 Å². The van der Waals surface area contributed by atoms with E-state index in [2.05, 4.69) is 38.3 Å². The smallest absolute Gasteiger partial charge is 0.0583 e. The van der Waals surface area contributed by atoms with Crippen LogP contribution in [0.3, 0.4) is 0 Å². The van der Waals surface area contributed by atoms with Crippen molar-refractivity contribution in [2.45, 2.75) is 71.3 Å². The van der Waals surface area contributed by atoms with Gasteiger partial charge in [0.25, 0.3) is 0 Å². The summed E-state index contributed by atoms with van der Waals surface area (Å²) in [6, 6.07) is 0. The van der Waals surface area contributed by atoms with Crippen molar-refractivity contribution in [1.82, 2.24) is 0 Å². The van der Waals surface area contributed by atoms with E-state index in [4.69, 9.17) is 0 Å². The molecule has 3 aliphatic carbocycles. The summed E-state index contributed by atoms with van der Waals surface area (Å²) in [6.07, 6.45) is 13.2. The number of fused-ring (bicyclic) bond motifs is 1. The highest BCUT2D eigenvalue weighted by molar-refractivity contribution is 5.34. The Bertz CT molecular complexity index is 546. The molecule has 0 aromatic rings. The molecule has 1 N–H and O–H groups in total. The zero-order valence-electron chi connectivity index (χ0n) is 14.2. The van der Waals surface area contributed by atoms with Crippen LogP contribution >= 0.6 is 0 Å². The average Bonchev–Trinajstić information content (AvgIpc) is 2.79. The van der Waals surface area contributed by atoms with Crippen LogP contribution in [0.25, 0.3) is 0 Å². The molecule has 0 aromatic carbocycles. The van der Waals surface area contributed by atoms with Crippen molar-refractivity contribution >= 4 is 0 Å². The molecule has 120 valence electrons. The quantitative estimate of drug-likeness (QED) is 0.649. The summed E-state index contributed by atoms with van der Waals surface area (Å²) in [4.78, 5) is 0. The topological polar surface area (TPSA) is 20.2 Å². The Labute approximate surface area is 135 Å². The van der Waals surface area contributed by atoms with Gasteiger partial charge in [-0.2, -0.15) is 0 Å². The van der Waals surface area contributed by atoms with E-state index < -0.39 is 0 Å². The second-order valence-electron chi connectivity index (χ2n) is 7.92. The molecule has 3 saturated carbocycles. The largest absolute Gasteiger partial charge is 0.393 e. The van der Waals surface area contributed by atoms with Crippen molar-refractivity contribution in [3.05, 3.63) is 41.2 Å². The first kappa shape index (κ1) is 15.8. The van der Waals surface area contributed by atoms with E-state index in [1.165, 1.54) is 48.8 Å². The van der Waals surface area contributed by atoms with Crippen molar-refractivity contribution in [3.8, 4) is 0 Å². The molecular weight excluding hydrogens is 268 g/mol. The number of aliphatic hydroxyl groups is 1. The lowest BCUT2D eigenvalue weighted by molar-refractivity contribution is 0.147. The molecule has 0 radical (unpaired) electrons. The van der Waals surface area contributed by atoms with Crippen molar-refractivity contribution < 1.29 is 5.11 Å². The molecule has 3 aliphatic rings. The first-order valence-electron chi connectivity index (χ1n) is 9.01. The van der Waals surface area contributed by atoms with Gasteiger partial charge in [-0.15, -0.1) is 5.73 Å². The van der Waals surface area contributed by atoms with Crippen LogP contribution in [-0.2, 0) is 0 Å². The molecule has 0 saturated heterocycles. The number of hydrogen-bond acceptors (Lipinski definition) is 1.